The predicted octanol–water partition coefficient (Wildman–Crippen LogP) is 2.31. The lowest BCUT2D eigenvalue weighted by molar-refractivity contribution is 0.0601. The second kappa shape index (κ2) is 7.81. The summed E-state index contributed by atoms with van der Waals surface area (Å²) in [7, 11) is 1.31. The number of aromatic nitrogens is 2. The van der Waals surface area contributed by atoms with Gasteiger partial charge in [0.1, 0.15) is 0 Å². The molecule has 0 fully saturated rings. The van der Waals surface area contributed by atoms with Crippen LogP contribution < -0.4 is 5.56 Å². The molecule has 6 nitrogen and oxygen atoms in total. The van der Waals surface area contributed by atoms with E-state index < -0.39 is 12.1 Å². The number of aliphatic hydroxyl groups is 1. The van der Waals surface area contributed by atoms with Crippen molar-refractivity contribution in [2.24, 2.45) is 5.92 Å². The Labute approximate surface area is 144 Å². The van der Waals surface area contributed by atoms with Crippen molar-refractivity contribution in [3.8, 4) is 0 Å². The minimum absolute atomic E-state index is 0.182. The predicted molar refractivity (Wildman–Crippen MR) is 94.6 cm³/mol. The molecule has 130 valence electrons. The molecule has 1 atom stereocenters. The van der Waals surface area contributed by atoms with E-state index in [1.807, 2.05) is 0 Å². The van der Waals surface area contributed by atoms with E-state index in [0.29, 0.717) is 27.5 Å². The van der Waals surface area contributed by atoms with Crippen LogP contribution in [0.25, 0.3) is 10.9 Å². The van der Waals surface area contributed by atoms with Crippen LogP contribution in [0, 0.1) is 5.92 Å². The van der Waals surface area contributed by atoms with Gasteiger partial charge in [-0.1, -0.05) is 25.6 Å². The van der Waals surface area contributed by atoms with Gasteiger partial charge in [-0.3, -0.25) is 9.36 Å². The molecule has 2 aromatic rings. The Morgan fingerprint density at radius 1 is 1.38 bits per heavy atom. The summed E-state index contributed by atoms with van der Waals surface area (Å²) >= 11 is 1.47. The van der Waals surface area contributed by atoms with E-state index >= 15 is 0 Å². The van der Waals surface area contributed by atoms with Crippen molar-refractivity contribution in [1.29, 1.82) is 0 Å². The Bertz CT molecular complexity index is 799. The van der Waals surface area contributed by atoms with Gasteiger partial charge in [0.05, 0.1) is 36.2 Å². The molecule has 0 amide bonds. The molecular formula is C17H22N2O4S. The van der Waals surface area contributed by atoms with E-state index in [0.717, 1.165) is 5.75 Å². The van der Waals surface area contributed by atoms with Crippen LogP contribution in [-0.2, 0) is 11.3 Å². The summed E-state index contributed by atoms with van der Waals surface area (Å²) in [5, 5.41) is 10.7. The standard InChI is InChI=1S/C17H22N2O4S/c1-10(2)9-24-17-18-14-7-12(16(22)23-4)5-6-13(14)15(21)19(17)8-11(3)20/h5-7,10-11,20H,8-9H2,1-4H3/t11-/m1/s1. The molecule has 1 aromatic heterocycles. The van der Waals surface area contributed by atoms with Gasteiger partial charge >= 0.3 is 5.97 Å². The molecule has 0 unspecified atom stereocenters. The number of aliphatic hydroxyl groups excluding tert-OH is 1. The van der Waals surface area contributed by atoms with Crippen molar-refractivity contribution in [2.45, 2.75) is 38.6 Å². The molecule has 24 heavy (non-hydrogen) atoms. The highest BCUT2D eigenvalue weighted by atomic mass is 32.2. The van der Waals surface area contributed by atoms with Crippen molar-refractivity contribution in [1.82, 2.24) is 9.55 Å². The van der Waals surface area contributed by atoms with E-state index in [2.05, 4.69) is 18.8 Å². The number of fused-ring (bicyclic) bond motifs is 1. The Morgan fingerprint density at radius 2 is 2.08 bits per heavy atom. The zero-order chi connectivity index (χ0) is 17.9. The maximum absolute atomic E-state index is 12.8. The number of thioether (sulfide) groups is 1. The van der Waals surface area contributed by atoms with Gasteiger partial charge in [0, 0.05) is 5.75 Å². The molecule has 0 aliphatic rings. The van der Waals surface area contributed by atoms with Gasteiger partial charge in [0.25, 0.3) is 5.56 Å². The number of hydrogen-bond donors (Lipinski definition) is 1. The van der Waals surface area contributed by atoms with Gasteiger partial charge in [0.2, 0.25) is 0 Å². The molecule has 2 rings (SSSR count). The first-order chi connectivity index (χ1) is 11.3. The molecule has 7 heteroatoms. The number of methoxy groups -OCH3 is 1. The van der Waals surface area contributed by atoms with Gasteiger partial charge in [-0.25, -0.2) is 9.78 Å². The molecular weight excluding hydrogens is 328 g/mol. The largest absolute Gasteiger partial charge is 0.465 e. The van der Waals surface area contributed by atoms with E-state index in [9.17, 15) is 14.7 Å². The lowest BCUT2D eigenvalue weighted by Crippen LogP contribution is -2.28. The van der Waals surface area contributed by atoms with E-state index in [4.69, 9.17) is 4.74 Å². The number of rotatable bonds is 6. The van der Waals surface area contributed by atoms with Gasteiger partial charge in [-0.2, -0.15) is 0 Å². The molecule has 1 aromatic carbocycles. The third-order valence-corrected chi connectivity index (χ3v) is 4.74. The number of ether oxygens (including phenoxy) is 1. The van der Waals surface area contributed by atoms with Gasteiger partial charge in [-0.15, -0.1) is 0 Å². The van der Waals surface area contributed by atoms with Crippen LogP contribution in [0.5, 0.6) is 0 Å². The molecule has 0 aliphatic heterocycles. The Hall–Kier alpha value is -1.86. The molecule has 0 spiro atoms. The first kappa shape index (κ1) is 18.5. The van der Waals surface area contributed by atoms with Gasteiger partial charge in [-0.05, 0) is 31.0 Å². The normalized spacial score (nSPS) is 12.6. The summed E-state index contributed by atoms with van der Waals surface area (Å²) in [4.78, 5) is 29.0. The molecule has 0 saturated heterocycles. The van der Waals surface area contributed by atoms with E-state index in [1.54, 1.807) is 25.1 Å². The highest BCUT2D eigenvalue weighted by Gasteiger charge is 2.15. The maximum atomic E-state index is 12.8. The van der Waals surface area contributed by atoms with Gasteiger partial charge in [0.15, 0.2) is 5.16 Å². The average molecular weight is 350 g/mol. The Kier molecular flexibility index (Phi) is 6.01. The van der Waals surface area contributed by atoms with Gasteiger partial charge < -0.3 is 9.84 Å². The van der Waals surface area contributed by atoms with Crippen LogP contribution >= 0.6 is 11.8 Å². The smallest absolute Gasteiger partial charge is 0.337 e. The average Bonchev–Trinajstić information content (AvgIpc) is 2.54. The number of carbonyl (C=O) groups is 1. The van der Waals surface area contributed by atoms with Crippen LogP contribution in [-0.4, -0.2) is 39.6 Å². The van der Waals surface area contributed by atoms with E-state index in [-0.39, 0.29) is 12.1 Å². The third kappa shape index (κ3) is 4.15. The second-order valence-corrected chi connectivity index (χ2v) is 7.07. The first-order valence-corrected chi connectivity index (χ1v) is 8.75. The fourth-order valence-electron chi connectivity index (χ4n) is 2.22. The minimum Gasteiger partial charge on any atom is -0.465 e. The number of esters is 1. The van der Waals surface area contributed by atoms with Crippen molar-refractivity contribution in [3.05, 3.63) is 34.1 Å². The van der Waals surface area contributed by atoms with Crippen molar-refractivity contribution < 1.29 is 14.6 Å². The summed E-state index contributed by atoms with van der Waals surface area (Å²) in [6.45, 7) is 5.98. The zero-order valence-electron chi connectivity index (χ0n) is 14.3. The fraction of sp³-hybridized carbons (Fsp3) is 0.471. The number of hydrogen-bond acceptors (Lipinski definition) is 6. The molecule has 0 aliphatic carbocycles. The monoisotopic (exact) mass is 350 g/mol. The van der Waals surface area contributed by atoms with Crippen LogP contribution in [0.1, 0.15) is 31.1 Å². The first-order valence-electron chi connectivity index (χ1n) is 7.77. The number of nitrogens with zero attached hydrogens (tertiary/aromatic N) is 2. The summed E-state index contributed by atoms with van der Waals surface area (Å²) < 4.78 is 6.21. The summed E-state index contributed by atoms with van der Waals surface area (Å²) in [6.07, 6.45) is -0.658. The summed E-state index contributed by atoms with van der Waals surface area (Å²) in [6, 6.07) is 4.69. The van der Waals surface area contributed by atoms with Crippen LogP contribution in [0.2, 0.25) is 0 Å². The topological polar surface area (TPSA) is 81.4 Å². The fourth-order valence-corrected chi connectivity index (χ4v) is 3.18. The van der Waals surface area contributed by atoms with Crippen molar-refractivity contribution >= 4 is 28.6 Å². The quantitative estimate of drug-likeness (QED) is 0.489. The Morgan fingerprint density at radius 3 is 2.67 bits per heavy atom. The minimum atomic E-state index is -0.658. The SMILES string of the molecule is COC(=O)c1ccc2c(=O)n(C[C@@H](C)O)c(SCC(C)C)nc2c1. The molecule has 1 N–H and O–H groups in total. The molecule has 0 saturated carbocycles. The Balaban J connectivity index is 2.60. The lowest BCUT2D eigenvalue weighted by atomic mass is 10.1. The number of carbonyl (C=O) groups excluding carboxylic acids is 1. The maximum Gasteiger partial charge on any atom is 0.337 e. The highest BCUT2D eigenvalue weighted by Crippen LogP contribution is 2.21. The third-order valence-electron chi connectivity index (χ3n) is 3.33. The van der Waals surface area contributed by atoms with Crippen LogP contribution in [0.15, 0.2) is 28.2 Å². The highest BCUT2D eigenvalue weighted by molar-refractivity contribution is 7.99. The van der Waals surface area contributed by atoms with Crippen molar-refractivity contribution in [2.75, 3.05) is 12.9 Å². The number of benzene rings is 1. The molecule has 1 heterocycles. The van der Waals surface area contributed by atoms with Crippen molar-refractivity contribution in [3.63, 3.8) is 0 Å². The molecule has 0 bridgehead atoms. The second-order valence-electron chi connectivity index (χ2n) is 6.09. The lowest BCUT2D eigenvalue weighted by Gasteiger charge is -2.15. The van der Waals surface area contributed by atoms with Crippen LogP contribution in [0.3, 0.4) is 0 Å². The summed E-state index contributed by atoms with van der Waals surface area (Å²) in [5.41, 5.74) is 0.588. The zero-order valence-corrected chi connectivity index (χ0v) is 15.1. The van der Waals surface area contributed by atoms with E-state index in [1.165, 1.54) is 23.4 Å². The van der Waals surface area contributed by atoms with Crippen LogP contribution in [0.4, 0.5) is 0 Å². The summed E-state index contributed by atoms with van der Waals surface area (Å²) in [5.74, 6) is 0.765. The molecule has 0 radical (unpaired) electrons.